The fraction of sp³-hybridized carbons (Fsp3) is 1.00. The molecule has 11 heavy (non-hydrogen) atoms. The number of hydrogen-bond donors (Lipinski definition) is 1. The molecule has 6 nitrogen and oxygen atoms in total. The van der Waals surface area contributed by atoms with Crippen LogP contribution in [0.15, 0.2) is 0 Å². The van der Waals surface area contributed by atoms with Crippen LogP contribution in [0.3, 0.4) is 0 Å². The molecule has 0 aliphatic heterocycles. The van der Waals surface area contributed by atoms with E-state index in [2.05, 4.69) is 4.18 Å². The Labute approximate surface area is 65.6 Å². The third-order valence-corrected chi connectivity index (χ3v) is 3.04. The van der Waals surface area contributed by atoms with Crippen LogP contribution in [0.1, 0.15) is 0 Å². The van der Waals surface area contributed by atoms with Gasteiger partial charge in [-0.2, -0.15) is 0 Å². The summed E-state index contributed by atoms with van der Waals surface area (Å²) in [5.41, 5.74) is -0.844. The molecule has 0 fully saturated rings. The lowest BCUT2D eigenvalue weighted by molar-refractivity contribution is 0.411. The van der Waals surface area contributed by atoms with Gasteiger partial charge in [0, 0.05) is 0 Å². The fourth-order valence-corrected chi connectivity index (χ4v) is 2.12. The van der Waals surface area contributed by atoms with Gasteiger partial charge in [-0.1, -0.05) is 0 Å². The Hall–Kier alpha value is -0.115. The van der Waals surface area contributed by atoms with E-state index in [-0.39, 0.29) is 0 Å². The van der Waals surface area contributed by atoms with Crippen molar-refractivity contribution in [1.82, 2.24) is 0 Å². The maximum atomic E-state index is 10.4. The van der Waals surface area contributed by atoms with Crippen molar-refractivity contribution in [3.8, 4) is 0 Å². The van der Waals surface area contributed by atoms with E-state index >= 15 is 0 Å². The largest absolute Gasteiger partial charge is 0.326 e. The van der Waals surface area contributed by atoms with Gasteiger partial charge >= 0.3 is 6.56 Å². The minimum absolute atomic E-state index is 0.734. The molecule has 66 valence electrons. The summed E-state index contributed by atoms with van der Waals surface area (Å²) in [6, 6.07) is 0. The molecule has 0 atom stereocenters. The Morgan fingerprint density at radius 3 is 2.09 bits per heavy atom. The van der Waals surface area contributed by atoms with Crippen LogP contribution in [0.25, 0.3) is 0 Å². The topological polar surface area (TPSA) is 97.7 Å². The normalized spacial score (nSPS) is 12.9. The molecular formula is C2H7BO6S2. The van der Waals surface area contributed by atoms with E-state index in [9.17, 15) is 16.8 Å². The van der Waals surface area contributed by atoms with Crippen LogP contribution in [0.5, 0.6) is 0 Å². The molecule has 0 heterocycles. The SMILES string of the molecule is COS(=O)(=O)BCS(=O)(=O)O. The molecule has 1 N–H and O–H groups in total. The summed E-state index contributed by atoms with van der Waals surface area (Å²) in [6.45, 7) is -0.734. The summed E-state index contributed by atoms with van der Waals surface area (Å²) >= 11 is 0. The molecule has 0 saturated heterocycles. The Balaban J connectivity index is 4.13. The van der Waals surface area contributed by atoms with Gasteiger partial charge in [0.25, 0.3) is 10.1 Å². The van der Waals surface area contributed by atoms with Gasteiger partial charge in [0.1, 0.15) is 0 Å². The first-order chi connectivity index (χ1) is 4.77. The quantitative estimate of drug-likeness (QED) is 0.424. The minimum atomic E-state index is -4.23. The van der Waals surface area contributed by atoms with E-state index in [4.69, 9.17) is 4.55 Å². The Morgan fingerprint density at radius 1 is 1.36 bits per heavy atom. The summed E-state index contributed by atoms with van der Waals surface area (Å²) in [5.74, 6) is 0. The van der Waals surface area contributed by atoms with Gasteiger partial charge in [0.2, 0.25) is 9.97 Å². The first-order valence-electron chi connectivity index (χ1n) is 2.50. The maximum Gasteiger partial charge on any atom is 0.326 e. The van der Waals surface area contributed by atoms with Gasteiger partial charge in [-0.25, -0.2) is 16.8 Å². The maximum absolute atomic E-state index is 10.4. The molecule has 0 aromatic carbocycles. The van der Waals surface area contributed by atoms with Crippen LogP contribution in [-0.2, 0) is 24.3 Å². The van der Waals surface area contributed by atoms with Crippen molar-refractivity contribution < 1.29 is 25.6 Å². The molecule has 0 unspecified atom stereocenters. The molecule has 0 aromatic rings. The molecule has 0 radical (unpaired) electrons. The van der Waals surface area contributed by atoms with Crippen LogP contribution in [0, 0.1) is 0 Å². The van der Waals surface area contributed by atoms with Gasteiger partial charge in [-0.3, -0.25) is 8.74 Å². The zero-order chi connectivity index (χ0) is 9.12. The summed E-state index contributed by atoms with van der Waals surface area (Å²) in [7, 11) is -7.10. The second-order valence-electron chi connectivity index (χ2n) is 1.71. The van der Waals surface area contributed by atoms with Gasteiger partial charge < -0.3 is 0 Å². The van der Waals surface area contributed by atoms with E-state index in [1.54, 1.807) is 0 Å². The molecule has 0 bridgehead atoms. The number of hydrogen-bond acceptors (Lipinski definition) is 5. The predicted molar refractivity (Wildman–Crippen MR) is 39.5 cm³/mol. The summed E-state index contributed by atoms with van der Waals surface area (Å²) in [5, 5.41) is 0. The second-order valence-corrected chi connectivity index (χ2v) is 5.14. The molecule has 0 aliphatic carbocycles. The molecule has 0 saturated carbocycles. The Morgan fingerprint density at radius 2 is 1.82 bits per heavy atom. The third-order valence-electron chi connectivity index (χ3n) is 0.845. The minimum Gasteiger partial charge on any atom is -0.286 e. The zero-order valence-corrected chi connectivity index (χ0v) is 7.35. The van der Waals surface area contributed by atoms with Crippen molar-refractivity contribution in [1.29, 1.82) is 0 Å². The van der Waals surface area contributed by atoms with E-state index in [1.807, 2.05) is 0 Å². The van der Waals surface area contributed by atoms with E-state index < -0.39 is 32.3 Å². The van der Waals surface area contributed by atoms with Crippen molar-refractivity contribution in [2.24, 2.45) is 0 Å². The van der Waals surface area contributed by atoms with Crippen molar-refractivity contribution >= 4 is 26.6 Å². The average molecular weight is 202 g/mol. The standard InChI is InChI=1S/C2H7BO6S2/c1-9-11(7,8)3-2-10(4,5)6/h3H,2H2,1H3,(H,4,5,6). The van der Waals surface area contributed by atoms with Crippen LogP contribution in [0.4, 0.5) is 0 Å². The van der Waals surface area contributed by atoms with Gasteiger partial charge in [-0.15, -0.1) is 0 Å². The van der Waals surface area contributed by atoms with Gasteiger partial charge in [0.15, 0.2) is 0 Å². The van der Waals surface area contributed by atoms with Crippen molar-refractivity contribution in [3.05, 3.63) is 0 Å². The second kappa shape index (κ2) is 3.52. The zero-order valence-electron chi connectivity index (χ0n) is 5.72. The lowest BCUT2D eigenvalue weighted by Gasteiger charge is -1.95. The van der Waals surface area contributed by atoms with Gasteiger partial charge in [-0.05, 0) is 0 Å². The van der Waals surface area contributed by atoms with E-state index in [0.29, 0.717) is 0 Å². The Kier molecular flexibility index (Phi) is 3.49. The van der Waals surface area contributed by atoms with E-state index in [1.165, 1.54) is 0 Å². The molecule has 0 aromatic heterocycles. The molecule has 0 amide bonds. The Bertz CT molecular complexity index is 299. The highest BCUT2D eigenvalue weighted by Crippen LogP contribution is 1.89. The summed E-state index contributed by atoms with van der Waals surface area (Å²) in [4.78, 5) is 0. The van der Waals surface area contributed by atoms with Crippen LogP contribution in [0.2, 0.25) is 0 Å². The smallest absolute Gasteiger partial charge is 0.286 e. The lowest BCUT2D eigenvalue weighted by atomic mass is 10.2. The highest BCUT2D eigenvalue weighted by molar-refractivity contribution is 8.13. The molecule has 0 aliphatic rings. The van der Waals surface area contributed by atoms with Crippen LogP contribution < -0.4 is 0 Å². The summed E-state index contributed by atoms with van der Waals surface area (Å²) < 4.78 is 53.0. The van der Waals surface area contributed by atoms with Crippen LogP contribution >= 0.6 is 0 Å². The first kappa shape index (κ1) is 10.9. The molecule has 0 rings (SSSR count). The third kappa shape index (κ3) is 6.29. The van der Waals surface area contributed by atoms with Crippen LogP contribution in [-0.4, -0.2) is 40.7 Å². The molecule has 9 heteroatoms. The fourth-order valence-electron chi connectivity index (χ4n) is 0.291. The first-order valence-corrected chi connectivity index (χ1v) is 5.69. The molecular weight excluding hydrogens is 195 g/mol. The monoisotopic (exact) mass is 202 g/mol. The molecule has 0 spiro atoms. The van der Waals surface area contributed by atoms with Crippen molar-refractivity contribution in [2.75, 3.05) is 12.8 Å². The predicted octanol–water partition coefficient (Wildman–Crippen LogP) is -1.84. The van der Waals surface area contributed by atoms with E-state index in [0.717, 1.165) is 7.11 Å². The highest BCUT2D eigenvalue weighted by Gasteiger charge is 2.17. The van der Waals surface area contributed by atoms with Crippen molar-refractivity contribution in [2.45, 2.75) is 0 Å². The lowest BCUT2D eigenvalue weighted by Crippen LogP contribution is -2.21. The summed E-state index contributed by atoms with van der Waals surface area (Å²) in [6.07, 6.45) is 0. The van der Waals surface area contributed by atoms with Gasteiger partial charge in [0.05, 0.1) is 12.8 Å². The number of rotatable bonds is 4. The average Bonchev–Trinajstić information content (AvgIpc) is 1.83. The van der Waals surface area contributed by atoms with Crippen molar-refractivity contribution in [3.63, 3.8) is 0 Å². The highest BCUT2D eigenvalue weighted by atomic mass is 32.2.